The molecule has 0 spiro atoms. The molecule has 0 aliphatic heterocycles. The maximum absolute atomic E-state index is 3.62. The molecule has 0 aliphatic rings. The van der Waals surface area contributed by atoms with E-state index in [1.807, 2.05) is 0 Å². The molecule has 42 valence electrons. The Hall–Kier alpha value is -0.120. The zero-order valence-corrected chi connectivity index (χ0v) is 5.86. The molecule has 0 atom stereocenters. The second-order valence-corrected chi connectivity index (χ2v) is 0.994. The number of hydrogen-bond acceptors (Lipinski definition) is 2. The second-order valence-electron chi connectivity index (χ2n) is 0.994. The van der Waals surface area contributed by atoms with Crippen LogP contribution in [0.3, 0.4) is 0 Å². The van der Waals surface area contributed by atoms with Gasteiger partial charge in [0.1, 0.15) is 0 Å². The summed E-state index contributed by atoms with van der Waals surface area (Å²) in [6.45, 7) is 1.80. The first-order valence-corrected chi connectivity index (χ1v) is 1.64. The normalized spacial score (nSPS) is 7.57. The zero-order valence-electron chi connectivity index (χ0n) is 3.70. The smallest absolute Gasteiger partial charge is 0.418 e. The fraction of sp³-hybridized carbons (Fsp3) is 0.333. The Kier molecular flexibility index (Phi) is 2.91. The quantitative estimate of drug-likeness (QED) is 0.533. The third-order valence-electron chi connectivity index (χ3n) is 0.485. The van der Waals surface area contributed by atoms with Crippen molar-refractivity contribution in [2.75, 3.05) is 0 Å². The van der Waals surface area contributed by atoms with Crippen molar-refractivity contribution in [3.63, 3.8) is 0 Å². The first-order chi connectivity index (χ1) is 2.89. The van der Waals surface area contributed by atoms with Crippen LogP contribution < -0.4 is 0 Å². The van der Waals surface area contributed by atoms with E-state index in [2.05, 4.69) is 21.5 Å². The molecule has 1 heterocycles. The molecular formula is C3H4AuN3. The van der Waals surface area contributed by atoms with Crippen molar-refractivity contribution in [3.05, 3.63) is 12.2 Å². The van der Waals surface area contributed by atoms with Gasteiger partial charge >= 0.3 is 22.4 Å². The fourth-order valence-electron chi connectivity index (χ4n) is 0.237. The topological polar surface area (TPSA) is 41.6 Å². The Balaban J connectivity index is 0.000000360. The first-order valence-electron chi connectivity index (χ1n) is 1.64. The molecule has 1 N–H and O–H groups in total. The fourth-order valence-corrected chi connectivity index (χ4v) is 0.237. The van der Waals surface area contributed by atoms with Crippen LogP contribution in [0.15, 0.2) is 0 Å². The molecule has 0 saturated carbocycles. The van der Waals surface area contributed by atoms with Crippen LogP contribution >= 0.6 is 0 Å². The second kappa shape index (κ2) is 2.96. The monoisotopic (exact) mass is 279 g/mol. The van der Waals surface area contributed by atoms with Crippen LogP contribution in [0.5, 0.6) is 0 Å². The molecular weight excluding hydrogens is 275 g/mol. The van der Waals surface area contributed by atoms with E-state index in [9.17, 15) is 0 Å². The molecule has 1 rings (SSSR count). The van der Waals surface area contributed by atoms with Gasteiger partial charge < -0.3 is 10.1 Å². The van der Waals surface area contributed by atoms with Gasteiger partial charge in [0, 0.05) is 0 Å². The molecule has 0 radical (unpaired) electrons. The van der Waals surface area contributed by atoms with Crippen molar-refractivity contribution < 1.29 is 22.4 Å². The summed E-state index contributed by atoms with van der Waals surface area (Å²) >= 11 is 0. The van der Waals surface area contributed by atoms with Crippen LogP contribution in [0, 0.1) is 13.3 Å². The molecule has 0 saturated heterocycles. The van der Waals surface area contributed by atoms with Crippen LogP contribution in [0.2, 0.25) is 0 Å². The van der Waals surface area contributed by atoms with Gasteiger partial charge in [0.2, 0.25) is 0 Å². The van der Waals surface area contributed by atoms with Crippen LogP contribution in [-0.2, 0) is 22.4 Å². The Morgan fingerprint density at radius 3 is 2.57 bits per heavy atom. The average molecular weight is 279 g/mol. The van der Waals surface area contributed by atoms with Gasteiger partial charge in [-0.25, -0.2) is 0 Å². The Bertz CT molecular complexity index is 114. The molecule has 7 heavy (non-hydrogen) atoms. The van der Waals surface area contributed by atoms with Gasteiger partial charge in [-0.05, 0) is 5.82 Å². The predicted molar refractivity (Wildman–Crippen MR) is 20.0 cm³/mol. The summed E-state index contributed by atoms with van der Waals surface area (Å²) < 4.78 is 0. The van der Waals surface area contributed by atoms with Crippen molar-refractivity contribution in [1.29, 1.82) is 0 Å². The maximum atomic E-state index is 3.62. The number of rotatable bonds is 0. The Morgan fingerprint density at radius 2 is 2.43 bits per heavy atom. The van der Waals surface area contributed by atoms with Gasteiger partial charge in [-0.15, -0.1) is 0 Å². The number of H-pyrrole nitrogens is 1. The summed E-state index contributed by atoms with van der Waals surface area (Å²) in [5.74, 6) is 0.731. The Labute approximate surface area is 57.0 Å². The number of nitrogens with zero attached hydrogens (tertiary/aromatic N) is 2. The molecule has 3 nitrogen and oxygen atoms in total. The van der Waals surface area contributed by atoms with Crippen LogP contribution in [0.4, 0.5) is 0 Å². The predicted octanol–water partition coefficient (Wildman–Crippen LogP) is -0.0892. The summed E-state index contributed by atoms with van der Waals surface area (Å²) in [7, 11) is 0. The summed E-state index contributed by atoms with van der Waals surface area (Å²) in [6.07, 6.45) is 2.44. The molecule has 0 unspecified atom stereocenters. The molecule has 1 aromatic heterocycles. The van der Waals surface area contributed by atoms with E-state index in [1.165, 1.54) is 0 Å². The first kappa shape index (κ1) is 6.88. The summed E-state index contributed by atoms with van der Waals surface area (Å²) in [4.78, 5) is 3.62. The standard InChI is InChI=1S/C3H4N3.Au/c1-3-4-2-5-6-3;/h1H3,(H,4,5,6);/q-1;+1. The SMILES string of the molecule is Cc1n[c-][nH]n1.[Au+]. The Morgan fingerprint density at radius 1 is 1.71 bits per heavy atom. The van der Waals surface area contributed by atoms with E-state index in [-0.39, 0.29) is 22.4 Å². The van der Waals surface area contributed by atoms with Crippen molar-refractivity contribution in [2.45, 2.75) is 6.92 Å². The number of aryl methyl sites for hydroxylation is 1. The van der Waals surface area contributed by atoms with Gasteiger partial charge in [-0.1, -0.05) is 13.3 Å². The largest absolute Gasteiger partial charge is 1.00 e. The van der Waals surface area contributed by atoms with Gasteiger partial charge in [-0.2, -0.15) is 0 Å². The average Bonchev–Trinajstić information content (AvgIpc) is 1.86. The molecule has 0 bridgehead atoms. The number of aromatic amines is 1. The summed E-state index contributed by atoms with van der Waals surface area (Å²) in [6, 6.07) is 0. The third kappa shape index (κ3) is 1.87. The van der Waals surface area contributed by atoms with E-state index in [0.29, 0.717) is 0 Å². The molecule has 0 aliphatic carbocycles. The number of aromatic nitrogens is 3. The van der Waals surface area contributed by atoms with Gasteiger partial charge in [0.05, 0.1) is 0 Å². The molecule has 1 aromatic rings. The van der Waals surface area contributed by atoms with E-state index in [4.69, 9.17) is 0 Å². The summed E-state index contributed by atoms with van der Waals surface area (Å²) in [5.41, 5.74) is 0. The van der Waals surface area contributed by atoms with Crippen LogP contribution in [-0.4, -0.2) is 15.2 Å². The maximum Gasteiger partial charge on any atom is 1.00 e. The van der Waals surface area contributed by atoms with E-state index in [0.717, 1.165) is 5.82 Å². The molecule has 0 fully saturated rings. The van der Waals surface area contributed by atoms with E-state index >= 15 is 0 Å². The minimum Gasteiger partial charge on any atom is -0.418 e. The molecule has 0 amide bonds. The number of hydrogen-bond donors (Lipinski definition) is 1. The van der Waals surface area contributed by atoms with Crippen molar-refractivity contribution >= 4 is 0 Å². The minimum atomic E-state index is 0. The summed E-state index contributed by atoms with van der Waals surface area (Å²) in [5, 5.41) is 6.07. The van der Waals surface area contributed by atoms with Gasteiger partial charge in [0.15, 0.2) is 0 Å². The van der Waals surface area contributed by atoms with Gasteiger partial charge in [0.25, 0.3) is 0 Å². The number of nitrogens with one attached hydrogen (secondary N) is 1. The van der Waals surface area contributed by atoms with Crippen LogP contribution in [0.25, 0.3) is 0 Å². The zero-order chi connectivity index (χ0) is 4.41. The van der Waals surface area contributed by atoms with Crippen molar-refractivity contribution in [2.24, 2.45) is 0 Å². The molecule has 4 heteroatoms. The van der Waals surface area contributed by atoms with Gasteiger partial charge in [-0.3, -0.25) is 5.10 Å². The third-order valence-corrected chi connectivity index (χ3v) is 0.485. The van der Waals surface area contributed by atoms with Crippen LogP contribution in [0.1, 0.15) is 5.82 Å². The van der Waals surface area contributed by atoms with E-state index < -0.39 is 0 Å². The van der Waals surface area contributed by atoms with E-state index in [1.54, 1.807) is 6.92 Å². The van der Waals surface area contributed by atoms with Crippen molar-refractivity contribution in [1.82, 2.24) is 15.2 Å². The molecule has 0 aromatic carbocycles. The minimum absolute atomic E-state index is 0. The van der Waals surface area contributed by atoms with Crippen molar-refractivity contribution in [3.8, 4) is 0 Å².